The molecule has 1 aliphatic carbocycles. The summed E-state index contributed by atoms with van der Waals surface area (Å²) in [5.41, 5.74) is 2.36. The molecule has 1 aliphatic rings. The smallest absolute Gasteiger partial charge is 0.126 e. The van der Waals surface area contributed by atoms with Crippen LogP contribution >= 0.6 is 0 Å². The van der Waals surface area contributed by atoms with Crippen LogP contribution in [0.4, 0.5) is 4.39 Å². The number of fused-ring (bicyclic) bond motifs is 1. The molecule has 20 heavy (non-hydrogen) atoms. The van der Waals surface area contributed by atoms with Gasteiger partial charge in [-0.2, -0.15) is 5.26 Å². The van der Waals surface area contributed by atoms with Crippen molar-refractivity contribution in [3.63, 3.8) is 0 Å². The summed E-state index contributed by atoms with van der Waals surface area (Å²) in [4.78, 5) is 0. The van der Waals surface area contributed by atoms with Crippen molar-refractivity contribution in [2.45, 2.75) is 31.1 Å². The maximum absolute atomic E-state index is 13.9. The molecule has 1 unspecified atom stereocenters. The number of rotatable bonds is 2. The Morgan fingerprint density at radius 1 is 1.10 bits per heavy atom. The predicted octanol–water partition coefficient (Wildman–Crippen LogP) is 4.17. The first-order valence-corrected chi connectivity index (χ1v) is 6.98. The lowest BCUT2D eigenvalue weighted by Crippen LogP contribution is -2.32. The lowest BCUT2D eigenvalue weighted by molar-refractivity contribution is 0.441. The first kappa shape index (κ1) is 12.9. The first-order valence-electron chi connectivity index (χ1n) is 6.98. The molecule has 0 radical (unpaired) electrons. The van der Waals surface area contributed by atoms with E-state index in [4.69, 9.17) is 0 Å². The average Bonchev–Trinajstić information content (AvgIpc) is 2.50. The minimum atomic E-state index is -0.586. The number of hydrogen-bond donors (Lipinski definition) is 0. The van der Waals surface area contributed by atoms with Crippen molar-refractivity contribution in [1.29, 1.82) is 5.26 Å². The summed E-state index contributed by atoms with van der Waals surface area (Å²) in [5.74, 6) is -0.217. The zero-order valence-electron chi connectivity index (χ0n) is 11.3. The van der Waals surface area contributed by atoms with Gasteiger partial charge >= 0.3 is 0 Å². The number of nitrogens with zero attached hydrogens (tertiary/aromatic N) is 1. The van der Waals surface area contributed by atoms with Crippen LogP contribution in [0.2, 0.25) is 0 Å². The van der Waals surface area contributed by atoms with Crippen LogP contribution in [0.3, 0.4) is 0 Å². The molecule has 0 aromatic heterocycles. The molecular weight excluding hydrogens is 249 g/mol. The van der Waals surface area contributed by atoms with E-state index in [2.05, 4.69) is 12.1 Å². The number of aryl methyl sites for hydroxylation is 1. The fourth-order valence-corrected chi connectivity index (χ4v) is 3.23. The van der Waals surface area contributed by atoms with Gasteiger partial charge in [0.1, 0.15) is 5.82 Å². The molecular formula is C18H16FN. The lowest BCUT2D eigenvalue weighted by atomic mass is 9.68. The van der Waals surface area contributed by atoms with Crippen molar-refractivity contribution in [2.75, 3.05) is 0 Å². The number of benzene rings is 2. The van der Waals surface area contributed by atoms with Crippen molar-refractivity contribution < 1.29 is 4.39 Å². The quantitative estimate of drug-likeness (QED) is 0.799. The lowest BCUT2D eigenvalue weighted by Gasteiger charge is -2.33. The second-order valence-electron chi connectivity index (χ2n) is 5.47. The van der Waals surface area contributed by atoms with Crippen LogP contribution in [0.15, 0.2) is 48.5 Å². The van der Waals surface area contributed by atoms with Crippen LogP contribution < -0.4 is 0 Å². The molecule has 0 saturated heterocycles. The van der Waals surface area contributed by atoms with E-state index in [9.17, 15) is 9.65 Å². The highest BCUT2D eigenvalue weighted by Crippen LogP contribution is 2.39. The van der Waals surface area contributed by atoms with Crippen molar-refractivity contribution >= 4 is 0 Å². The van der Waals surface area contributed by atoms with E-state index in [1.807, 2.05) is 24.3 Å². The molecule has 2 aromatic carbocycles. The summed E-state index contributed by atoms with van der Waals surface area (Å²) in [6.45, 7) is 0. The Morgan fingerprint density at radius 3 is 2.65 bits per heavy atom. The zero-order valence-corrected chi connectivity index (χ0v) is 11.3. The monoisotopic (exact) mass is 265 g/mol. The zero-order chi connectivity index (χ0) is 14.0. The Labute approximate surface area is 118 Å². The van der Waals surface area contributed by atoms with Gasteiger partial charge in [-0.25, -0.2) is 4.39 Å². The Kier molecular flexibility index (Phi) is 3.28. The van der Waals surface area contributed by atoms with Gasteiger partial charge in [-0.05, 0) is 48.4 Å². The van der Waals surface area contributed by atoms with Gasteiger partial charge in [0, 0.05) is 0 Å². The van der Waals surface area contributed by atoms with Crippen molar-refractivity contribution in [1.82, 2.24) is 0 Å². The van der Waals surface area contributed by atoms with Gasteiger partial charge in [0.05, 0.1) is 11.5 Å². The Hall–Kier alpha value is -2.14. The summed E-state index contributed by atoms with van der Waals surface area (Å²) in [5, 5.41) is 9.77. The van der Waals surface area contributed by atoms with E-state index in [-0.39, 0.29) is 5.82 Å². The molecule has 3 rings (SSSR count). The van der Waals surface area contributed by atoms with Gasteiger partial charge in [0.15, 0.2) is 0 Å². The van der Waals surface area contributed by atoms with Crippen LogP contribution in [0, 0.1) is 17.1 Å². The molecule has 0 amide bonds. The van der Waals surface area contributed by atoms with Crippen molar-refractivity contribution in [2.24, 2.45) is 0 Å². The molecule has 2 heteroatoms. The molecule has 0 saturated carbocycles. The van der Waals surface area contributed by atoms with Gasteiger partial charge in [0.2, 0.25) is 0 Å². The first-order chi connectivity index (χ1) is 9.75. The largest absolute Gasteiger partial charge is 0.207 e. The molecule has 100 valence electrons. The SMILES string of the molecule is N#CC1(Cc2ccccc2F)CCCc2ccccc21. The van der Waals surface area contributed by atoms with E-state index in [0.717, 1.165) is 24.8 Å². The maximum Gasteiger partial charge on any atom is 0.126 e. The molecule has 0 heterocycles. The van der Waals surface area contributed by atoms with Gasteiger partial charge in [-0.1, -0.05) is 42.5 Å². The molecule has 2 aromatic rings. The van der Waals surface area contributed by atoms with E-state index < -0.39 is 5.41 Å². The van der Waals surface area contributed by atoms with Crippen LogP contribution in [0.25, 0.3) is 0 Å². The fraction of sp³-hybridized carbons (Fsp3) is 0.278. The minimum Gasteiger partial charge on any atom is -0.207 e. The Morgan fingerprint density at radius 2 is 1.85 bits per heavy atom. The van der Waals surface area contributed by atoms with Gasteiger partial charge in [0.25, 0.3) is 0 Å². The van der Waals surface area contributed by atoms with Crippen LogP contribution in [0.5, 0.6) is 0 Å². The third kappa shape index (κ3) is 2.10. The molecule has 0 aliphatic heterocycles. The highest BCUT2D eigenvalue weighted by atomic mass is 19.1. The highest BCUT2D eigenvalue weighted by molar-refractivity contribution is 5.43. The highest BCUT2D eigenvalue weighted by Gasteiger charge is 2.37. The van der Waals surface area contributed by atoms with E-state index in [1.165, 1.54) is 11.6 Å². The van der Waals surface area contributed by atoms with Gasteiger partial charge in [-0.3, -0.25) is 0 Å². The fourth-order valence-electron chi connectivity index (χ4n) is 3.23. The standard InChI is InChI=1S/C18H16FN/c19-17-10-4-2-7-15(17)12-18(13-20)11-5-8-14-6-1-3-9-16(14)18/h1-4,6-7,9-10H,5,8,11-12H2. The van der Waals surface area contributed by atoms with Gasteiger partial charge < -0.3 is 0 Å². The van der Waals surface area contributed by atoms with E-state index >= 15 is 0 Å². The van der Waals surface area contributed by atoms with Crippen molar-refractivity contribution in [3.05, 3.63) is 71.0 Å². The van der Waals surface area contributed by atoms with E-state index in [1.54, 1.807) is 12.1 Å². The summed E-state index contributed by atoms with van der Waals surface area (Å²) < 4.78 is 13.9. The third-order valence-corrected chi connectivity index (χ3v) is 4.25. The Bertz CT molecular complexity index is 671. The second kappa shape index (κ2) is 5.09. The molecule has 0 bridgehead atoms. The predicted molar refractivity (Wildman–Crippen MR) is 76.8 cm³/mol. The third-order valence-electron chi connectivity index (χ3n) is 4.25. The minimum absolute atomic E-state index is 0.217. The summed E-state index contributed by atoms with van der Waals surface area (Å²) in [6, 6.07) is 17.3. The Balaban J connectivity index is 2.06. The number of halogens is 1. The second-order valence-corrected chi connectivity index (χ2v) is 5.47. The number of hydrogen-bond acceptors (Lipinski definition) is 1. The summed E-state index contributed by atoms with van der Waals surface area (Å²) >= 11 is 0. The molecule has 0 N–H and O–H groups in total. The average molecular weight is 265 g/mol. The van der Waals surface area contributed by atoms with E-state index in [0.29, 0.717) is 12.0 Å². The van der Waals surface area contributed by atoms with Crippen LogP contribution in [0.1, 0.15) is 29.5 Å². The topological polar surface area (TPSA) is 23.8 Å². The maximum atomic E-state index is 13.9. The van der Waals surface area contributed by atoms with Crippen molar-refractivity contribution in [3.8, 4) is 6.07 Å². The van der Waals surface area contributed by atoms with Crippen LogP contribution in [-0.4, -0.2) is 0 Å². The van der Waals surface area contributed by atoms with Crippen LogP contribution in [-0.2, 0) is 18.3 Å². The molecule has 0 spiro atoms. The molecule has 0 fully saturated rings. The molecule has 1 atom stereocenters. The summed E-state index contributed by atoms with van der Waals surface area (Å²) in [6.07, 6.45) is 3.25. The number of nitriles is 1. The van der Waals surface area contributed by atoms with Gasteiger partial charge in [-0.15, -0.1) is 0 Å². The molecule has 1 nitrogen and oxygen atoms in total. The summed E-state index contributed by atoms with van der Waals surface area (Å²) in [7, 11) is 0. The normalized spacial score (nSPS) is 21.0.